The number of aromatic nitrogens is 8. The molecule has 8 rings (SSSR count). The molecule has 0 spiro atoms. The lowest BCUT2D eigenvalue weighted by atomic mass is 10.1. The predicted octanol–water partition coefficient (Wildman–Crippen LogP) is 6.99. The van der Waals surface area contributed by atoms with E-state index in [1.54, 1.807) is 48.8 Å². The Hall–Kier alpha value is -5.22. The standard InChI is InChI=1S/2C18H19F2N5O/c2*19-18(20,12-4-2-1-3-5-12)10-26-14-7-6-13(8-14)24-16-15-9-23-25-17(15)22-11-21-16/h2*1-5,9,11,13-14H,6-8,10H2,(H2,21,22,23,24,25)/t2*13-,14+/m10/s1. The first-order chi connectivity index (χ1) is 25.2. The average molecular weight is 719 g/mol. The molecule has 4 N–H and O–H groups in total. The van der Waals surface area contributed by atoms with Crippen molar-refractivity contribution in [2.45, 2.75) is 74.7 Å². The molecule has 4 atom stereocenters. The van der Waals surface area contributed by atoms with Crippen LogP contribution in [0.5, 0.6) is 0 Å². The van der Waals surface area contributed by atoms with Crippen LogP contribution in [-0.2, 0) is 21.3 Å². The van der Waals surface area contributed by atoms with Gasteiger partial charge in [-0.2, -0.15) is 27.8 Å². The topological polar surface area (TPSA) is 151 Å². The second-order valence-corrected chi connectivity index (χ2v) is 13.0. The molecule has 2 fully saturated rings. The Kier molecular flexibility index (Phi) is 10.5. The summed E-state index contributed by atoms with van der Waals surface area (Å²) in [6.07, 6.45) is 10.4. The lowest BCUT2D eigenvalue weighted by molar-refractivity contribution is -0.103. The third-order valence-corrected chi connectivity index (χ3v) is 9.34. The molecule has 272 valence electrons. The molecule has 4 heterocycles. The number of halogens is 4. The van der Waals surface area contributed by atoms with E-state index >= 15 is 0 Å². The molecule has 2 aromatic carbocycles. The highest BCUT2D eigenvalue weighted by molar-refractivity contribution is 5.86. The predicted molar refractivity (Wildman–Crippen MR) is 186 cm³/mol. The minimum atomic E-state index is -2.98. The molecule has 12 nitrogen and oxygen atoms in total. The van der Waals surface area contributed by atoms with Crippen molar-refractivity contribution in [3.05, 3.63) is 96.8 Å². The minimum absolute atomic E-state index is 0.0176. The van der Waals surface area contributed by atoms with Crippen molar-refractivity contribution in [3.63, 3.8) is 0 Å². The average Bonchev–Trinajstić information content (AvgIpc) is 4.00. The second kappa shape index (κ2) is 15.6. The fourth-order valence-corrected chi connectivity index (χ4v) is 6.57. The van der Waals surface area contributed by atoms with Crippen molar-refractivity contribution in [2.24, 2.45) is 0 Å². The fraction of sp³-hybridized carbons (Fsp3) is 0.389. The summed E-state index contributed by atoms with van der Waals surface area (Å²) in [5, 5.41) is 21.8. The zero-order valence-corrected chi connectivity index (χ0v) is 28.1. The molecule has 6 aromatic rings. The van der Waals surface area contributed by atoms with Gasteiger partial charge in [0.2, 0.25) is 0 Å². The van der Waals surface area contributed by atoms with Crippen molar-refractivity contribution < 1.29 is 27.0 Å². The molecule has 0 radical (unpaired) electrons. The number of hydrogen-bond acceptors (Lipinski definition) is 10. The smallest absolute Gasteiger partial charge is 0.296 e. The summed E-state index contributed by atoms with van der Waals surface area (Å²) in [6.45, 7) is -1.21. The molecule has 0 amide bonds. The number of nitrogens with zero attached hydrogens (tertiary/aromatic N) is 6. The van der Waals surface area contributed by atoms with Crippen molar-refractivity contribution in [1.82, 2.24) is 40.3 Å². The van der Waals surface area contributed by atoms with E-state index in [1.807, 2.05) is 0 Å². The van der Waals surface area contributed by atoms with Crippen LogP contribution in [0, 0.1) is 0 Å². The molecular weight excluding hydrogens is 680 g/mol. The number of benzene rings is 2. The Morgan fingerprint density at radius 2 is 1.02 bits per heavy atom. The largest absolute Gasteiger partial charge is 0.371 e. The summed E-state index contributed by atoms with van der Waals surface area (Å²) >= 11 is 0. The number of rotatable bonds is 12. The maximum absolute atomic E-state index is 14.2. The van der Waals surface area contributed by atoms with E-state index in [4.69, 9.17) is 9.47 Å². The molecule has 4 aromatic heterocycles. The Morgan fingerprint density at radius 1 is 0.596 bits per heavy atom. The summed E-state index contributed by atoms with van der Waals surface area (Å²) in [5.41, 5.74) is 1.29. The van der Waals surface area contributed by atoms with E-state index in [0.717, 1.165) is 36.5 Å². The SMILES string of the molecule is FC(F)(CO[C@@H]1CC[C@H](Nc2ncnc3[nH]ncc23)C1)c1ccccc1.FC(F)(CO[C@H]1CC[C@@H](Nc2ncnc3[nH]ncc23)C1)c1ccccc1. The monoisotopic (exact) mass is 718 g/mol. The number of hydrogen-bond donors (Lipinski definition) is 4. The minimum Gasteiger partial charge on any atom is -0.371 e. The Labute approximate surface area is 296 Å². The van der Waals surface area contributed by atoms with Crippen molar-refractivity contribution >= 4 is 33.7 Å². The Morgan fingerprint density at radius 3 is 1.44 bits per heavy atom. The van der Waals surface area contributed by atoms with Crippen LogP contribution in [0.2, 0.25) is 0 Å². The first-order valence-corrected chi connectivity index (χ1v) is 17.1. The van der Waals surface area contributed by atoms with Gasteiger partial charge in [-0.3, -0.25) is 10.2 Å². The third-order valence-electron chi connectivity index (χ3n) is 9.34. The van der Waals surface area contributed by atoms with Gasteiger partial charge in [-0.05, 0) is 38.5 Å². The third kappa shape index (κ3) is 8.45. The molecule has 16 heteroatoms. The van der Waals surface area contributed by atoms with Gasteiger partial charge in [0.15, 0.2) is 11.3 Å². The van der Waals surface area contributed by atoms with Gasteiger partial charge in [0.1, 0.15) is 37.5 Å². The molecule has 0 aliphatic heterocycles. The van der Waals surface area contributed by atoms with E-state index in [1.165, 1.54) is 36.9 Å². The van der Waals surface area contributed by atoms with Crippen LogP contribution in [-0.4, -0.2) is 77.8 Å². The number of aromatic amines is 2. The van der Waals surface area contributed by atoms with Gasteiger partial charge in [0, 0.05) is 23.2 Å². The van der Waals surface area contributed by atoms with Crippen LogP contribution >= 0.6 is 0 Å². The molecule has 0 unspecified atom stereocenters. The zero-order chi connectivity index (χ0) is 36.0. The van der Waals surface area contributed by atoms with Crippen molar-refractivity contribution in [2.75, 3.05) is 23.8 Å². The van der Waals surface area contributed by atoms with Crippen LogP contribution < -0.4 is 10.6 Å². The summed E-state index contributed by atoms with van der Waals surface area (Å²) in [6, 6.07) is 15.8. The molecular formula is C36H38F4N10O2. The highest BCUT2D eigenvalue weighted by Gasteiger charge is 2.36. The number of nitrogens with one attached hydrogen (secondary N) is 4. The van der Waals surface area contributed by atoms with Crippen LogP contribution in [0.4, 0.5) is 29.2 Å². The number of fused-ring (bicyclic) bond motifs is 2. The molecule has 2 aliphatic rings. The van der Waals surface area contributed by atoms with E-state index < -0.39 is 25.1 Å². The lowest BCUT2D eigenvalue weighted by Crippen LogP contribution is -2.25. The van der Waals surface area contributed by atoms with Gasteiger partial charge in [0.05, 0.1) is 35.4 Å². The van der Waals surface area contributed by atoms with Gasteiger partial charge in [-0.1, -0.05) is 60.7 Å². The molecule has 0 saturated heterocycles. The van der Waals surface area contributed by atoms with Crippen molar-refractivity contribution in [3.8, 4) is 0 Å². The zero-order valence-electron chi connectivity index (χ0n) is 28.1. The molecule has 52 heavy (non-hydrogen) atoms. The number of anilines is 2. The quantitative estimate of drug-likeness (QED) is 0.0975. The van der Waals surface area contributed by atoms with Crippen LogP contribution in [0.1, 0.15) is 49.7 Å². The highest BCUT2D eigenvalue weighted by Crippen LogP contribution is 2.33. The number of alkyl halides is 4. The Bertz CT molecular complexity index is 1890. The summed E-state index contributed by atoms with van der Waals surface area (Å²) in [4.78, 5) is 16.7. The van der Waals surface area contributed by atoms with Gasteiger partial charge < -0.3 is 20.1 Å². The lowest BCUT2D eigenvalue weighted by Gasteiger charge is -2.20. The second-order valence-electron chi connectivity index (χ2n) is 13.0. The van der Waals surface area contributed by atoms with Crippen LogP contribution in [0.15, 0.2) is 85.7 Å². The van der Waals surface area contributed by atoms with Crippen LogP contribution in [0.3, 0.4) is 0 Å². The van der Waals surface area contributed by atoms with Crippen LogP contribution in [0.25, 0.3) is 22.1 Å². The summed E-state index contributed by atoms with van der Waals surface area (Å²) < 4.78 is 67.9. The van der Waals surface area contributed by atoms with E-state index in [9.17, 15) is 17.6 Å². The van der Waals surface area contributed by atoms with E-state index in [0.29, 0.717) is 35.8 Å². The Balaban J connectivity index is 0.000000162. The normalized spacial score (nSPS) is 20.5. The van der Waals surface area contributed by atoms with Gasteiger partial charge in [-0.15, -0.1) is 0 Å². The van der Waals surface area contributed by atoms with Gasteiger partial charge in [-0.25, -0.2) is 19.9 Å². The fourth-order valence-electron chi connectivity index (χ4n) is 6.57. The van der Waals surface area contributed by atoms with E-state index in [-0.39, 0.29) is 35.4 Å². The first-order valence-electron chi connectivity index (χ1n) is 17.1. The molecule has 0 bridgehead atoms. The highest BCUT2D eigenvalue weighted by atomic mass is 19.3. The molecule has 2 saturated carbocycles. The number of ether oxygens (including phenoxy) is 2. The maximum Gasteiger partial charge on any atom is 0.296 e. The van der Waals surface area contributed by atoms with E-state index in [2.05, 4.69) is 51.0 Å². The molecule has 2 aliphatic carbocycles. The number of H-pyrrole nitrogens is 2. The van der Waals surface area contributed by atoms with Gasteiger partial charge in [0.25, 0.3) is 11.8 Å². The van der Waals surface area contributed by atoms with Gasteiger partial charge >= 0.3 is 0 Å². The first kappa shape index (κ1) is 35.2. The van der Waals surface area contributed by atoms with Crippen molar-refractivity contribution in [1.29, 1.82) is 0 Å². The maximum atomic E-state index is 14.2. The summed E-state index contributed by atoms with van der Waals surface area (Å²) in [7, 11) is 0. The summed E-state index contributed by atoms with van der Waals surface area (Å²) in [5.74, 6) is -4.57.